The molecule has 32 heavy (non-hydrogen) atoms. The van der Waals surface area contributed by atoms with Gasteiger partial charge in [0.25, 0.3) is 5.91 Å². The van der Waals surface area contributed by atoms with Crippen LogP contribution in [0.25, 0.3) is 10.9 Å². The lowest BCUT2D eigenvalue weighted by molar-refractivity contribution is -0.134. The van der Waals surface area contributed by atoms with E-state index in [1.165, 1.54) is 0 Å². The van der Waals surface area contributed by atoms with Crippen LogP contribution in [-0.2, 0) is 22.7 Å². The highest BCUT2D eigenvalue weighted by atomic mass is 16.2. The van der Waals surface area contributed by atoms with Gasteiger partial charge >= 0.3 is 0 Å². The predicted molar refractivity (Wildman–Crippen MR) is 123 cm³/mol. The minimum Gasteiger partial charge on any atom is -0.350 e. The van der Waals surface area contributed by atoms with E-state index in [-0.39, 0.29) is 24.3 Å². The first-order valence-electron chi connectivity index (χ1n) is 10.8. The van der Waals surface area contributed by atoms with Crippen LogP contribution < -0.4 is 10.6 Å². The molecule has 2 N–H and O–H groups in total. The largest absolute Gasteiger partial charge is 0.350 e. The third kappa shape index (κ3) is 3.86. The third-order valence-corrected chi connectivity index (χ3v) is 6.12. The molecule has 0 unspecified atom stereocenters. The van der Waals surface area contributed by atoms with Crippen molar-refractivity contribution in [2.75, 3.05) is 13.1 Å². The van der Waals surface area contributed by atoms with E-state index in [1.54, 1.807) is 11.8 Å². The summed E-state index contributed by atoms with van der Waals surface area (Å²) in [4.78, 5) is 40.3. The standard InChI is InChI=1S/C25H28N4O3/c1-4-29-23(31)21-13-19-10-5-6-11-20(19)28(21)16-25(29,3)24(32)27-15-22(30)26-14-18-9-7-8-17(2)12-18/h5-13H,4,14-16H2,1-3H3,(H,26,30)(H,27,32)/t25-/m1/s1. The maximum atomic E-state index is 13.2. The monoisotopic (exact) mass is 432 g/mol. The summed E-state index contributed by atoms with van der Waals surface area (Å²) in [6, 6.07) is 17.5. The van der Waals surface area contributed by atoms with Crippen LogP contribution in [0.5, 0.6) is 0 Å². The number of carbonyl (C=O) groups excluding carboxylic acids is 3. The van der Waals surface area contributed by atoms with E-state index < -0.39 is 5.54 Å². The molecule has 2 heterocycles. The van der Waals surface area contributed by atoms with E-state index in [1.807, 2.05) is 73.0 Å². The van der Waals surface area contributed by atoms with Gasteiger partial charge in [-0.25, -0.2) is 0 Å². The van der Waals surface area contributed by atoms with E-state index in [2.05, 4.69) is 10.6 Å². The zero-order chi connectivity index (χ0) is 22.9. The molecule has 0 bridgehead atoms. The summed E-state index contributed by atoms with van der Waals surface area (Å²) < 4.78 is 1.90. The van der Waals surface area contributed by atoms with Crippen LogP contribution in [0.4, 0.5) is 0 Å². The summed E-state index contributed by atoms with van der Waals surface area (Å²) in [5.41, 5.74) is 2.52. The average molecular weight is 433 g/mol. The van der Waals surface area contributed by atoms with Gasteiger partial charge < -0.3 is 20.1 Å². The molecule has 1 aliphatic heterocycles. The number of benzene rings is 2. The number of carbonyl (C=O) groups is 3. The van der Waals surface area contributed by atoms with Crippen LogP contribution in [0.2, 0.25) is 0 Å². The Labute approximate surface area is 187 Å². The molecule has 0 radical (unpaired) electrons. The Morgan fingerprint density at radius 2 is 1.84 bits per heavy atom. The Kier molecular flexibility index (Phi) is 5.74. The molecule has 0 spiro atoms. The molecule has 2 aromatic carbocycles. The number of amides is 3. The first-order valence-corrected chi connectivity index (χ1v) is 10.8. The summed E-state index contributed by atoms with van der Waals surface area (Å²) in [7, 11) is 0. The molecule has 0 aliphatic carbocycles. The molecule has 1 aliphatic rings. The second-order valence-electron chi connectivity index (χ2n) is 8.45. The Morgan fingerprint density at radius 1 is 1.06 bits per heavy atom. The highest BCUT2D eigenvalue weighted by Gasteiger charge is 2.46. The molecular formula is C25H28N4O3. The fraction of sp³-hybridized carbons (Fsp3) is 0.320. The number of nitrogens with one attached hydrogen (secondary N) is 2. The SMILES string of the molecule is CCN1C(=O)c2cc3ccccc3n2C[C@]1(C)C(=O)NCC(=O)NCc1cccc(C)c1. The molecule has 3 amide bonds. The minimum absolute atomic E-state index is 0.148. The molecule has 0 saturated heterocycles. The minimum atomic E-state index is -1.10. The van der Waals surface area contributed by atoms with E-state index >= 15 is 0 Å². The highest BCUT2D eigenvalue weighted by molar-refractivity contribution is 6.04. The zero-order valence-corrected chi connectivity index (χ0v) is 18.6. The maximum absolute atomic E-state index is 13.2. The van der Waals surface area contributed by atoms with Crippen LogP contribution >= 0.6 is 0 Å². The number of aryl methyl sites for hydroxylation is 1. The molecular weight excluding hydrogens is 404 g/mol. The molecule has 0 fully saturated rings. The number of fused-ring (bicyclic) bond motifs is 3. The van der Waals surface area contributed by atoms with Gasteiger partial charge in [-0.2, -0.15) is 0 Å². The van der Waals surface area contributed by atoms with Gasteiger partial charge in [0.15, 0.2) is 0 Å². The molecule has 1 aromatic heterocycles. The van der Waals surface area contributed by atoms with Crippen LogP contribution in [0.15, 0.2) is 54.6 Å². The number of rotatable bonds is 6. The van der Waals surface area contributed by atoms with Crippen LogP contribution in [0.3, 0.4) is 0 Å². The zero-order valence-electron chi connectivity index (χ0n) is 18.6. The van der Waals surface area contributed by atoms with Crippen molar-refractivity contribution in [3.63, 3.8) is 0 Å². The summed E-state index contributed by atoms with van der Waals surface area (Å²) in [6.45, 7) is 6.58. The maximum Gasteiger partial charge on any atom is 0.271 e. The van der Waals surface area contributed by atoms with Crippen molar-refractivity contribution in [2.45, 2.75) is 39.4 Å². The van der Waals surface area contributed by atoms with E-state index in [9.17, 15) is 14.4 Å². The van der Waals surface area contributed by atoms with Crippen LogP contribution in [0, 0.1) is 6.92 Å². The molecule has 4 rings (SSSR count). The Hall–Kier alpha value is -3.61. The van der Waals surface area contributed by atoms with Gasteiger partial charge in [-0.3, -0.25) is 14.4 Å². The Morgan fingerprint density at radius 3 is 2.59 bits per heavy atom. The normalized spacial score (nSPS) is 17.8. The Bertz CT molecular complexity index is 1200. The highest BCUT2D eigenvalue weighted by Crippen LogP contribution is 2.32. The quantitative estimate of drug-likeness (QED) is 0.628. The lowest BCUT2D eigenvalue weighted by Crippen LogP contribution is -2.64. The third-order valence-electron chi connectivity index (χ3n) is 6.12. The van der Waals surface area contributed by atoms with Crippen molar-refractivity contribution in [3.8, 4) is 0 Å². The van der Waals surface area contributed by atoms with Crippen molar-refractivity contribution >= 4 is 28.6 Å². The summed E-state index contributed by atoms with van der Waals surface area (Å²) >= 11 is 0. The van der Waals surface area contributed by atoms with Gasteiger partial charge in [0.05, 0.1) is 13.1 Å². The summed E-state index contributed by atoms with van der Waals surface area (Å²) in [6.07, 6.45) is 0. The van der Waals surface area contributed by atoms with E-state index in [0.29, 0.717) is 25.3 Å². The Balaban J connectivity index is 1.47. The van der Waals surface area contributed by atoms with Crippen molar-refractivity contribution in [1.29, 1.82) is 0 Å². The summed E-state index contributed by atoms with van der Waals surface area (Å²) in [5.74, 6) is -0.806. The van der Waals surface area contributed by atoms with Crippen molar-refractivity contribution in [3.05, 3.63) is 71.4 Å². The van der Waals surface area contributed by atoms with Gasteiger partial charge in [-0.05, 0) is 38.5 Å². The molecule has 7 heteroatoms. The number of hydrogen-bond donors (Lipinski definition) is 2. The van der Waals surface area contributed by atoms with Crippen LogP contribution in [0.1, 0.15) is 35.5 Å². The molecule has 3 aromatic rings. The van der Waals surface area contributed by atoms with Gasteiger partial charge in [-0.15, -0.1) is 0 Å². The predicted octanol–water partition coefficient (Wildman–Crippen LogP) is 2.62. The smallest absolute Gasteiger partial charge is 0.271 e. The first-order chi connectivity index (χ1) is 15.3. The van der Waals surface area contributed by atoms with E-state index in [0.717, 1.165) is 22.0 Å². The molecule has 1 atom stereocenters. The molecule has 166 valence electrons. The number of hydrogen-bond acceptors (Lipinski definition) is 3. The van der Waals surface area contributed by atoms with Crippen LogP contribution in [-0.4, -0.2) is 45.8 Å². The molecule has 0 saturated carbocycles. The topological polar surface area (TPSA) is 83.4 Å². The number of aromatic nitrogens is 1. The van der Waals surface area contributed by atoms with Gasteiger partial charge in [0, 0.05) is 24.0 Å². The van der Waals surface area contributed by atoms with E-state index in [4.69, 9.17) is 0 Å². The summed E-state index contributed by atoms with van der Waals surface area (Å²) in [5, 5.41) is 6.53. The van der Waals surface area contributed by atoms with Crippen molar-refractivity contribution < 1.29 is 14.4 Å². The van der Waals surface area contributed by atoms with Gasteiger partial charge in [0.2, 0.25) is 11.8 Å². The van der Waals surface area contributed by atoms with Crippen molar-refractivity contribution in [2.24, 2.45) is 0 Å². The first kappa shape index (κ1) is 21.6. The second-order valence-corrected chi connectivity index (χ2v) is 8.45. The molecule has 7 nitrogen and oxygen atoms in total. The van der Waals surface area contributed by atoms with Crippen molar-refractivity contribution in [1.82, 2.24) is 20.1 Å². The van der Waals surface area contributed by atoms with Gasteiger partial charge in [0.1, 0.15) is 11.2 Å². The average Bonchev–Trinajstić information content (AvgIpc) is 3.15. The number of likely N-dealkylation sites (N-methyl/N-ethyl adjacent to an activating group) is 1. The fourth-order valence-electron chi connectivity index (χ4n) is 4.44. The van der Waals surface area contributed by atoms with Gasteiger partial charge in [-0.1, -0.05) is 48.0 Å². The fourth-order valence-corrected chi connectivity index (χ4v) is 4.44. The lowest BCUT2D eigenvalue weighted by atomic mass is 9.95. The number of para-hydroxylation sites is 1. The number of nitrogens with zero attached hydrogens (tertiary/aromatic N) is 2. The lowest BCUT2D eigenvalue weighted by Gasteiger charge is -2.43. The second kappa shape index (κ2) is 8.49.